The fourth-order valence-corrected chi connectivity index (χ4v) is 3.97. The number of Topliss-reactive ketones (excluding diaryl/α,β-unsaturated/α-hetero) is 1. The summed E-state index contributed by atoms with van der Waals surface area (Å²) in [7, 11) is 1.59. The van der Waals surface area contributed by atoms with Gasteiger partial charge in [-0.25, -0.2) is 0 Å². The lowest BCUT2D eigenvalue weighted by atomic mass is 10.0. The Balaban J connectivity index is 1.59. The molecule has 3 aromatic carbocycles. The molecule has 0 saturated heterocycles. The molecule has 6 heteroatoms. The first kappa shape index (κ1) is 21.3. The first-order chi connectivity index (χ1) is 15.5. The first-order valence-electron chi connectivity index (χ1n) is 10.4. The van der Waals surface area contributed by atoms with Crippen LogP contribution >= 0.6 is 0 Å². The SMILES string of the molecule is COc1ccc(C(CC(=O)Nc2cccc(C(C)=O)c2)N2Cc3ccccc3C2=O)cc1. The van der Waals surface area contributed by atoms with Crippen LogP contribution in [0, 0.1) is 0 Å². The molecule has 1 N–H and O–H groups in total. The van der Waals surface area contributed by atoms with E-state index in [-0.39, 0.29) is 24.0 Å². The predicted molar refractivity (Wildman–Crippen MR) is 122 cm³/mol. The Morgan fingerprint density at radius 3 is 2.47 bits per heavy atom. The average Bonchev–Trinajstić information content (AvgIpc) is 3.14. The number of hydrogen-bond acceptors (Lipinski definition) is 4. The van der Waals surface area contributed by atoms with Gasteiger partial charge in [0.15, 0.2) is 5.78 Å². The van der Waals surface area contributed by atoms with E-state index in [0.717, 1.165) is 11.1 Å². The van der Waals surface area contributed by atoms with E-state index in [1.165, 1.54) is 6.92 Å². The van der Waals surface area contributed by atoms with E-state index >= 15 is 0 Å². The molecule has 3 aromatic rings. The lowest BCUT2D eigenvalue weighted by Gasteiger charge is -2.28. The van der Waals surface area contributed by atoms with Crippen LogP contribution in [0.15, 0.2) is 72.8 Å². The summed E-state index contributed by atoms with van der Waals surface area (Å²) < 4.78 is 5.25. The van der Waals surface area contributed by atoms with Gasteiger partial charge < -0.3 is 15.0 Å². The second-order valence-corrected chi connectivity index (χ2v) is 7.77. The van der Waals surface area contributed by atoms with Crippen LogP contribution in [0.5, 0.6) is 5.75 Å². The van der Waals surface area contributed by atoms with Gasteiger partial charge in [0.1, 0.15) is 5.75 Å². The molecule has 1 aliphatic rings. The van der Waals surface area contributed by atoms with Crippen molar-refractivity contribution in [1.29, 1.82) is 0 Å². The molecule has 0 spiro atoms. The minimum atomic E-state index is -0.447. The Labute approximate surface area is 186 Å². The first-order valence-corrected chi connectivity index (χ1v) is 10.4. The highest BCUT2D eigenvalue weighted by molar-refractivity contribution is 6.00. The van der Waals surface area contributed by atoms with Crippen molar-refractivity contribution in [1.82, 2.24) is 4.90 Å². The molecule has 0 aliphatic carbocycles. The zero-order valence-corrected chi connectivity index (χ0v) is 18.0. The van der Waals surface area contributed by atoms with Gasteiger partial charge in [-0.3, -0.25) is 14.4 Å². The van der Waals surface area contributed by atoms with E-state index in [9.17, 15) is 14.4 Å². The van der Waals surface area contributed by atoms with Crippen LogP contribution in [0.25, 0.3) is 0 Å². The normalized spacial score (nSPS) is 13.4. The van der Waals surface area contributed by atoms with Crippen molar-refractivity contribution in [3.05, 3.63) is 95.1 Å². The van der Waals surface area contributed by atoms with E-state index in [2.05, 4.69) is 5.32 Å². The minimum Gasteiger partial charge on any atom is -0.497 e. The zero-order chi connectivity index (χ0) is 22.7. The zero-order valence-electron chi connectivity index (χ0n) is 18.0. The highest BCUT2D eigenvalue weighted by Crippen LogP contribution is 2.34. The van der Waals surface area contributed by atoms with E-state index in [4.69, 9.17) is 4.74 Å². The number of carbonyl (C=O) groups is 3. The van der Waals surface area contributed by atoms with Gasteiger partial charge in [0, 0.05) is 23.4 Å². The molecule has 0 radical (unpaired) electrons. The molecule has 0 aromatic heterocycles. The summed E-state index contributed by atoms with van der Waals surface area (Å²) in [6.45, 7) is 1.93. The Morgan fingerprint density at radius 2 is 1.78 bits per heavy atom. The van der Waals surface area contributed by atoms with E-state index in [0.29, 0.717) is 29.1 Å². The maximum absolute atomic E-state index is 13.1. The smallest absolute Gasteiger partial charge is 0.255 e. The number of hydrogen-bond donors (Lipinski definition) is 1. The molecule has 0 saturated carbocycles. The average molecular weight is 428 g/mol. The Hall–Kier alpha value is -3.93. The predicted octanol–water partition coefficient (Wildman–Crippen LogP) is 4.62. The van der Waals surface area contributed by atoms with Gasteiger partial charge in [-0.1, -0.05) is 42.5 Å². The fourth-order valence-electron chi connectivity index (χ4n) is 3.97. The largest absolute Gasteiger partial charge is 0.497 e. The number of anilines is 1. The third kappa shape index (κ3) is 4.39. The molecule has 0 fully saturated rings. The van der Waals surface area contributed by atoms with Gasteiger partial charge >= 0.3 is 0 Å². The number of fused-ring (bicyclic) bond motifs is 1. The third-order valence-electron chi connectivity index (χ3n) is 5.66. The summed E-state index contributed by atoms with van der Waals surface area (Å²) in [5.74, 6) is 0.301. The van der Waals surface area contributed by atoms with Crippen molar-refractivity contribution in [2.24, 2.45) is 0 Å². The molecule has 1 heterocycles. The van der Waals surface area contributed by atoms with Crippen molar-refractivity contribution in [3.8, 4) is 5.75 Å². The highest BCUT2D eigenvalue weighted by atomic mass is 16.5. The van der Waals surface area contributed by atoms with Crippen LogP contribution in [0.1, 0.15) is 51.2 Å². The third-order valence-corrected chi connectivity index (χ3v) is 5.66. The van der Waals surface area contributed by atoms with Gasteiger partial charge in [-0.05, 0) is 48.4 Å². The highest BCUT2D eigenvalue weighted by Gasteiger charge is 2.34. The molecule has 1 unspecified atom stereocenters. The number of methoxy groups -OCH3 is 1. The lowest BCUT2D eigenvalue weighted by molar-refractivity contribution is -0.117. The Kier molecular flexibility index (Phi) is 6.03. The maximum atomic E-state index is 13.1. The molecule has 162 valence electrons. The number of carbonyl (C=O) groups excluding carboxylic acids is 3. The van der Waals surface area contributed by atoms with Crippen molar-refractivity contribution in [2.45, 2.75) is 25.9 Å². The number of nitrogens with zero attached hydrogens (tertiary/aromatic N) is 1. The number of amides is 2. The number of nitrogens with one attached hydrogen (secondary N) is 1. The molecule has 4 rings (SSSR count). The summed E-state index contributed by atoms with van der Waals surface area (Å²) in [6, 6.07) is 21.3. The Morgan fingerprint density at radius 1 is 1.03 bits per heavy atom. The molecular formula is C26H24N2O4. The Bertz CT molecular complexity index is 1170. The number of rotatable bonds is 7. The second kappa shape index (κ2) is 9.06. The number of benzene rings is 3. The van der Waals surface area contributed by atoms with Crippen LogP contribution in [-0.4, -0.2) is 29.6 Å². The second-order valence-electron chi connectivity index (χ2n) is 7.77. The monoisotopic (exact) mass is 428 g/mol. The minimum absolute atomic E-state index is 0.0716. The summed E-state index contributed by atoms with van der Waals surface area (Å²) in [5, 5.41) is 2.87. The molecule has 1 atom stereocenters. The number of ketones is 1. The van der Waals surface area contributed by atoms with Crippen LogP contribution in [0.4, 0.5) is 5.69 Å². The molecule has 32 heavy (non-hydrogen) atoms. The topological polar surface area (TPSA) is 75.7 Å². The van der Waals surface area contributed by atoms with Gasteiger partial charge in [0.05, 0.1) is 19.6 Å². The van der Waals surface area contributed by atoms with Crippen molar-refractivity contribution >= 4 is 23.3 Å². The van der Waals surface area contributed by atoms with Crippen molar-refractivity contribution < 1.29 is 19.1 Å². The van der Waals surface area contributed by atoms with E-state index in [1.807, 2.05) is 48.5 Å². The number of ether oxygens (including phenoxy) is 1. The van der Waals surface area contributed by atoms with Crippen LogP contribution in [0.2, 0.25) is 0 Å². The molecule has 6 nitrogen and oxygen atoms in total. The lowest BCUT2D eigenvalue weighted by Crippen LogP contribution is -2.32. The maximum Gasteiger partial charge on any atom is 0.255 e. The molecule has 1 aliphatic heterocycles. The van der Waals surface area contributed by atoms with E-state index < -0.39 is 6.04 Å². The summed E-state index contributed by atoms with van der Waals surface area (Å²) >= 11 is 0. The summed E-state index contributed by atoms with van der Waals surface area (Å²) in [4.78, 5) is 39.5. The van der Waals surface area contributed by atoms with Crippen LogP contribution in [0.3, 0.4) is 0 Å². The van der Waals surface area contributed by atoms with Crippen LogP contribution < -0.4 is 10.1 Å². The van der Waals surface area contributed by atoms with Gasteiger partial charge in [0.2, 0.25) is 5.91 Å². The summed E-state index contributed by atoms with van der Waals surface area (Å²) in [5.41, 5.74) is 3.54. The quantitative estimate of drug-likeness (QED) is 0.557. The molecule has 2 amide bonds. The van der Waals surface area contributed by atoms with Gasteiger partial charge in [-0.15, -0.1) is 0 Å². The van der Waals surface area contributed by atoms with Gasteiger partial charge in [-0.2, -0.15) is 0 Å². The fraction of sp³-hybridized carbons (Fsp3) is 0.192. The molecular weight excluding hydrogens is 404 g/mol. The van der Waals surface area contributed by atoms with Crippen LogP contribution in [-0.2, 0) is 11.3 Å². The van der Waals surface area contributed by atoms with Crippen molar-refractivity contribution in [3.63, 3.8) is 0 Å². The summed E-state index contributed by atoms with van der Waals surface area (Å²) in [6.07, 6.45) is 0.0797. The van der Waals surface area contributed by atoms with Gasteiger partial charge in [0.25, 0.3) is 5.91 Å². The van der Waals surface area contributed by atoms with Crippen molar-refractivity contribution in [2.75, 3.05) is 12.4 Å². The standard InChI is InChI=1S/C26H24N2O4/c1-17(29)19-7-5-8-21(14-19)27-25(30)15-24(18-10-12-22(32-2)13-11-18)28-16-20-6-3-4-9-23(20)26(28)31/h3-14,24H,15-16H2,1-2H3,(H,27,30). The van der Waals surface area contributed by atoms with E-state index in [1.54, 1.807) is 36.3 Å². The molecule has 0 bridgehead atoms.